The van der Waals surface area contributed by atoms with Crippen molar-refractivity contribution < 1.29 is 14.6 Å². The molecule has 0 bridgehead atoms. The van der Waals surface area contributed by atoms with Crippen LogP contribution in [-0.2, 0) is 4.74 Å². The minimum atomic E-state index is -0.456. The molecule has 0 aliphatic heterocycles. The summed E-state index contributed by atoms with van der Waals surface area (Å²) in [4.78, 5) is 13.2. The number of carbonyl (C=O) groups excluding carboxylic acids is 1. The molecule has 0 aliphatic rings. The molecule has 0 aromatic rings. The van der Waals surface area contributed by atoms with Crippen LogP contribution in [0.25, 0.3) is 0 Å². The first kappa shape index (κ1) is 16.2. The summed E-state index contributed by atoms with van der Waals surface area (Å²) in [5.41, 5.74) is -0.456. The van der Waals surface area contributed by atoms with Crippen LogP contribution in [0.3, 0.4) is 0 Å². The third kappa shape index (κ3) is 8.02. The summed E-state index contributed by atoms with van der Waals surface area (Å²) in [6, 6.07) is 0. The van der Waals surface area contributed by atoms with Crippen molar-refractivity contribution in [2.24, 2.45) is 5.92 Å². The van der Waals surface area contributed by atoms with Gasteiger partial charge in [-0.3, -0.25) is 0 Å². The van der Waals surface area contributed by atoms with Crippen LogP contribution in [-0.4, -0.2) is 41.4 Å². The van der Waals surface area contributed by atoms with Gasteiger partial charge < -0.3 is 14.7 Å². The number of aliphatic hydroxyl groups is 1. The van der Waals surface area contributed by atoms with Crippen molar-refractivity contribution in [3.8, 4) is 0 Å². The number of rotatable bonds is 5. The van der Waals surface area contributed by atoms with E-state index in [0.29, 0.717) is 13.0 Å². The average molecular weight is 245 g/mol. The van der Waals surface area contributed by atoms with Crippen LogP contribution in [0.1, 0.15) is 47.5 Å². The van der Waals surface area contributed by atoms with Crippen LogP contribution in [0.5, 0.6) is 0 Å². The predicted molar refractivity (Wildman–Crippen MR) is 68.9 cm³/mol. The number of hydrogen-bond donors (Lipinski definition) is 1. The molecule has 17 heavy (non-hydrogen) atoms. The third-order valence-electron chi connectivity index (χ3n) is 2.47. The van der Waals surface area contributed by atoms with Gasteiger partial charge in [-0.15, -0.1) is 0 Å². The maximum atomic E-state index is 11.6. The Morgan fingerprint density at radius 3 is 2.29 bits per heavy atom. The molecule has 0 spiro atoms. The molecule has 0 aliphatic carbocycles. The molecular weight excluding hydrogens is 218 g/mol. The molecule has 0 heterocycles. The van der Waals surface area contributed by atoms with Crippen molar-refractivity contribution >= 4 is 6.09 Å². The summed E-state index contributed by atoms with van der Waals surface area (Å²) in [5.74, 6) is 0.266. The van der Waals surface area contributed by atoms with Gasteiger partial charge in [0.25, 0.3) is 0 Å². The Morgan fingerprint density at radius 2 is 1.88 bits per heavy atom. The number of nitrogens with zero attached hydrogens (tertiary/aromatic N) is 1. The van der Waals surface area contributed by atoms with Crippen molar-refractivity contribution in [2.75, 3.05) is 13.6 Å². The van der Waals surface area contributed by atoms with E-state index in [1.165, 1.54) is 0 Å². The van der Waals surface area contributed by atoms with E-state index in [4.69, 9.17) is 4.74 Å². The Morgan fingerprint density at radius 1 is 1.35 bits per heavy atom. The number of hydrogen-bond acceptors (Lipinski definition) is 3. The van der Waals surface area contributed by atoms with E-state index in [9.17, 15) is 9.90 Å². The lowest BCUT2D eigenvalue weighted by atomic mass is 10.0. The van der Waals surface area contributed by atoms with Crippen molar-refractivity contribution in [1.29, 1.82) is 0 Å². The van der Waals surface area contributed by atoms with Crippen molar-refractivity contribution in [1.82, 2.24) is 4.90 Å². The molecule has 0 rings (SSSR count). The average Bonchev–Trinajstić information content (AvgIpc) is 2.14. The summed E-state index contributed by atoms with van der Waals surface area (Å²) < 4.78 is 5.23. The van der Waals surface area contributed by atoms with Gasteiger partial charge >= 0.3 is 6.09 Å². The summed E-state index contributed by atoms with van der Waals surface area (Å²) in [5, 5.41) is 9.63. The summed E-state index contributed by atoms with van der Waals surface area (Å²) in [6.45, 7) is 10.1. The van der Waals surface area contributed by atoms with E-state index in [1.807, 2.05) is 34.6 Å². The number of aliphatic hydroxyl groups excluding tert-OH is 1. The molecule has 4 heteroatoms. The fourth-order valence-corrected chi connectivity index (χ4v) is 1.30. The van der Waals surface area contributed by atoms with Gasteiger partial charge in [0, 0.05) is 13.6 Å². The standard InChI is InChI=1S/C13H27NO3/c1-10(2)11(15)8-7-9-14(6)12(16)17-13(3,4)5/h10-11,15H,7-9H2,1-6H3. The molecular formula is C13H27NO3. The van der Waals surface area contributed by atoms with E-state index in [-0.39, 0.29) is 18.1 Å². The van der Waals surface area contributed by atoms with Crippen LogP contribution >= 0.6 is 0 Å². The quantitative estimate of drug-likeness (QED) is 0.810. The fourth-order valence-electron chi connectivity index (χ4n) is 1.30. The maximum Gasteiger partial charge on any atom is 0.410 e. The zero-order chi connectivity index (χ0) is 13.6. The zero-order valence-corrected chi connectivity index (χ0v) is 12.0. The van der Waals surface area contributed by atoms with Crippen LogP contribution in [0.15, 0.2) is 0 Å². The smallest absolute Gasteiger partial charge is 0.410 e. The van der Waals surface area contributed by atoms with Gasteiger partial charge in [-0.05, 0) is 39.5 Å². The summed E-state index contributed by atoms with van der Waals surface area (Å²) in [6.07, 6.45) is 0.901. The lowest BCUT2D eigenvalue weighted by Crippen LogP contribution is -2.35. The van der Waals surface area contributed by atoms with E-state index < -0.39 is 5.60 Å². The Balaban J connectivity index is 3.87. The van der Waals surface area contributed by atoms with Crippen molar-refractivity contribution in [3.63, 3.8) is 0 Å². The van der Waals surface area contributed by atoms with Gasteiger partial charge in [-0.25, -0.2) is 4.79 Å². The topological polar surface area (TPSA) is 49.8 Å². The molecule has 102 valence electrons. The van der Waals surface area contributed by atoms with E-state index in [1.54, 1.807) is 11.9 Å². The molecule has 0 saturated heterocycles. The first-order chi connectivity index (χ1) is 7.63. The number of carbonyl (C=O) groups is 1. The minimum Gasteiger partial charge on any atom is -0.444 e. The van der Waals surface area contributed by atoms with Crippen LogP contribution in [0.4, 0.5) is 4.79 Å². The minimum absolute atomic E-state index is 0.266. The maximum absolute atomic E-state index is 11.6. The van der Waals surface area contributed by atoms with Crippen LogP contribution < -0.4 is 0 Å². The second-order valence-electron chi connectivity index (χ2n) is 5.86. The van der Waals surface area contributed by atoms with Gasteiger partial charge in [0.15, 0.2) is 0 Å². The molecule has 0 aromatic carbocycles. The Bertz CT molecular complexity index is 233. The molecule has 1 N–H and O–H groups in total. The first-order valence-corrected chi connectivity index (χ1v) is 6.25. The molecule has 1 atom stereocenters. The lowest BCUT2D eigenvalue weighted by molar-refractivity contribution is 0.0284. The predicted octanol–water partition coefficient (Wildman–Crippen LogP) is 2.65. The Kier molecular flexibility index (Phi) is 6.53. The fraction of sp³-hybridized carbons (Fsp3) is 0.923. The van der Waals surface area contributed by atoms with Crippen LogP contribution in [0, 0.1) is 5.92 Å². The second-order valence-corrected chi connectivity index (χ2v) is 5.86. The highest BCUT2D eigenvalue weighted by Gasteiger charge is 2.19. The lowest BCUT2D eigenvalue weighted by Gasteiger charge is -2.25. The zero-order valence-electron chi connectivity index (χ0n) is 12.0. The largest absolute Gasteiger partial charge is 0.444 e. The van der Waals surface area contributed by atoms with Gasteiger partial charge in [0.05, 0.1) is 6.10 Å². The summed E-state index contributed by atoms with van der Waals surface area (Å²) in [7, 11) is 1.72. The SMILES string of the molecule is CC(C)C(O)CCCN(C)C(=O)OC(C)(C)C. The highest BCUT2D eigenvalue weighted by atomic mass is 16.6. The number of ether oxygens (including phenoxy) is 1. The second kappa shape index (κ2) is 6.84. The van der Waals surface area contributed by atoms with Gasteiger partial charge in [-0.1, -0.05) is 13.8 Å². The van der Waals surface area contributed by atoms with Crippen molar-refractivity contribution in [2.45, 2.75) is 59.2 Å². The van der Waals surface area contributed by atoms with E-state index in [2.05, 4.69) is 0 Å². The van der Waals surface area contributed by atoms with Gasteiger partial charge in [-0.2, -0.15) is 0 Å². The molecule has 1 unspecified atom stereocenters. The highest BCUT2D eigenvalue weighted by Crippen LogP contribution is 2.11. The molecule has 0 fully saturated rings. The van der Waals surface area contributed by atoms with Crippen LogP contribution in [0.2, 0.25) is 0 Å². The molecule has 0 aromatic heterocycles. The highest BCUT2D eigenvalue weighted by molar-refractivity contribution is 5.67. The molecule has 0 saturated carbocycles. The van der Waals surface area contributed by atoms with E-state index >= 15 is 0 Å². The normalized spacial score (nSPS) is 13.6. The molecule has 1 amide bonds. The summed E-state index contributed by atoms with van der Waals surface area (Å²) >= 11 is 0. The van der Waals surface area contributed by atoms with Crippen molar-refractivity contribution in [3.05, 3.63) is 0 Å². The monoisotopic (exact) mass is 245 g/mol. The number of amides is 1. The van der Waals surface area contributed by atoms with Gasteiger partial charge in [0.1, 0.15) is 5.60 Å². The molecule has 4 nitrogen and oxygen atoms in total. The Labute approximate surface area is 105 Å². The molecule has 0 radical (unpaired) electrons. The van der Waals surface area contributed by atoms with Gasteiger partial charge in [0.2, 0.25) is 0 Å². The van der Waals surface area contributed by atoms with E-state index in [0.717, 1.165) is 6.42 Å². The Hall–Kier alpha value is -0.770. The first-order valence-electron chi connectivity index (χ1n) is 6.25. The third-order valence-corrected chi connectivity index (χ3v) is 2.47.